The first-order valence-electron chi connectivity index (χ1n) is 6.53. The van der Waals surface area contributed by atoms with Gasteiger partial charge < -0.3 is 15.8 Å². The first-order valence-corrected chi connectivity index (χ1v) is 7.41. The number of amides is 1. The van der Waals surface area contributed by atoms with Gasteiger partial charge in [0.2, 0.25) is 5.91 Å². The van der Waals surface area contributed by atoms with Crippen LogP contribution >= 0.6 is 11.3 Å². The molecule has 0 aliphatic heterocycles. The Labute approximate surface area is 122 Å². The van der Waals surface area contributed by atoms with Crippen LogP contribution < -0.4 is 15.8 Å². The van der Waals surface area contributed by atoms with E-state index in [1.807, 2.05) is 41.8 Å². The third kappa shape index (κ3) is 4.68. The van der Waals surface area contributed by atoms with E-state index in [0.29, 0.717) is 19.6 Å². The molecule has 1 heterocycles. The summed E-state index contributed by atoms with van der Waals surface area (Å²) in [6.45, 7) is 0.980. The lowest BCUT2D eigenvalue weighted by Crippen LogP contribution is -2.12. The van der Waals surface area contributed by atoms with Gasteiger partial charge >= 0.3 is 0 Å². The Morgan fingerprint density at radius 3 is 2.70 bits per heavy atom. The Bertz CT molecular complexity index is 523. The van der Waals surface area contributed by atoms with Crippen molar-refractivity contribution >= 4 is 22.9 Å². The van der Waals surface area contributed by atoms with Gasteiger partial charge in [0, 0.05) is 23.5 Å². The number of hydrogen-bond acceptors (Lipinski definition) is 4. The Balaban J connectivity index is 1.78. The molecule has 20 heavy (non-hydrogen) atoms. The fourth-order valence-electron chi connectivity index (χ4n) is 1.73. The normalized spacial score (nSPS) is 10.2. The first kappa shape index (κ1) is 14.6. The number of hydrogen-bond donors (Lipinski definition) is 2. The summed E-state index contributed by atoms with van der Waals surface area (Å²) >= 11 is 1.67. The number of carbonyl (C=O) groups is 1. The van der Waals surface area contributed by atoms with E-state index < -0.39 is 0 Å². The summed E-state index contributed by atoms with van der Waals surface area (Å²) in [4.78, 5) is 13.0. The summed E-state index contributed by atoms with van der Waals surface area (Å²) in [6, 6.07) is 11.3. The van der Waals surface area contributed by atoms with Crippen LogP contribution in [0.2, 0.25) is 0 Å². The molecule has 1 aromatic carbocycles. The van der Waals surface area contributed by atoms with E-state index >= 15 is 0 Å². The standard InChI is InChI=1S/C15H18N2O2S/c16-9-10-19-13-5-3-12(4-6-13)17-15(18)8-7-14-2-1-11-20-14/h1-6,11H,7-10,16H2,(H,17,18). The van der Waals surface area contributed by atoms with Crippen LogP contribution in [0.3, 0.4) is 0 Å². The minimum atomic E-state index is 0.0222. The maximum Gasteiger partial charge on any atom is 0.224 e. The van der Waals surface area contributed by atoms with Crippen molar-refractivity contribution in [2.24, 2.45) is 5.73 Å². The van der Waals surface area contributed by atoms with Crippen molar-refractivity contribution in [2.45, 2.75) is 12.8 Å². The van der Waals surface area contributed by atoms with Crippen molar-refractivity contribution in [1.82, 2.24) is 0 Å². The van der Waals surface area contributed by atoms with Gasteiger partial charge in [-0.25, -0.2) is 0 Å². The molecular formula is C15H18N2O2S. The third-order valence-corrected chi connectivity index (χ3v) is 3.64. The average Bonchev–Trinajstić information content (AvgIpc) is 2.98. The Kier molecular flexibility index (Phi) is 5.58. The van der Waals surface area contributed by atoms with Gasteiger partial charge in [0.1, 0.15) is 12.4 Å². The lowest BCUT2D eigenvalue weighted by atomic mass is 10.2. The van der Waals surface area contributed by atoms with Gasteiger partial charge in [0.25, 0.3) is 0 Å². The zero-order valence-corrected chi connectivity index (χ0v) is 12.0. The molecule has 0 bridgehead atoms. The SMILES string of the molecule is NCCOc1ccc(NC(=O)CCc2cccs2)cc1. The largest absolute Gasteiger partial charge is 0.492 e. The summed E-state index contributed by atoms with van der Waals surface area (Å²) in [5.41, 5.74) is 6.14. The Hall–Kier alpha value is -1.85. The number of thiophene rings is 1. The van der Waals surface area contributed by atoms with E-state index in [2.05, 4.69) is 5.32 Å². The number of rotatable bonds is 7. The molecule has 0 atom stereocenters. The lowest BCUT2D eigenvalue weighted by Gasteiger charge is -2.07. The molecule has 0 saturated carbocycles. The number of carbonyl (C=O) groups excluding carboxylic acids is 1. The van der Waals surface area contributed by atoms with Gasteiger partial charge in [-0.1, -0.05) is 6.07 Å². The molecule has 1 aromatic heterocycles. The van der Waals surface area contributed by atoms with E-state index in [9.17, 15) is 4.79 Å². The number of ether oxygens (including phenoxy) is 1. The van der Waals surface area contributed by atoms with Crippen LogP contribution in [0.15, 0.2) is 41.8 Å². The van der Waals surface area contributed by atoms with Gasteiger partial charge in [0.05, 0.1) is 0 Å². The molecule has 0 aliphatic carbocycles. The molecule has 0 spiro atoms. The maximum atomic E-state index is 11.8. The predicted molar refractivity (Wildman–Crippen MR) is 82.3 cm³/mol. The second-order valence-corrected chi connectivity index (χ2v) is 5.32. The fraction of sp³-hybridized carbons (Fsp3) is 0.267. The van der Waals surface area contributed by atoms with Crippen LogP contribution in [-0.2, 0) is 11.2 Å². The zero-order chi connectivity index (χ0) is 14.2. The highest BCUT2D eigenvalue weighted by Gasteiger charge is 2.04. The number of anilines is 1. The summed E-state index contributed by atoms with van der Waals surface area (Å²) in [7, 11) is 0. The van der Waals surface area contributed by atoms with E-state index in [1.54, 1.807) is 11.3 Å². The van der Waals surface area contributed by atoms with Gasteiger partial charge in [-0.15, -0.1) is 11.3 Å². The summed E-state index contributed by atoms with van der Waals surface area (Å²) < 4.78 is 5.38. The predicted octanol–water partition coefficient (Wildman–Crippen LogP) is 2.66. The van der Waals surface area contributed by atoms with Crippen LogP contribution in [0.25, 0.3) is 0 Å². The molecule has 0 fully saturated rings. The minimum absolute atomic E-state index is 0.0222. The van der Waals surface area contributed by atoms with Crippen molar-refractivity contribution < 1.29 is 9.53 Å². The molecule has 3 N–H and O–H groups in total. The van der Waals surface area contributed by atoms with Crippen LogP contribution in [0.5, 0.6) is 5.75 Å². The second-order valence-electron chi connectivity index (χ2n) is 4.29. The maximum absolute atomic E-state index is 11.8. The average molecular weight is 290 g/mol. The van der Waals surface area contributed by atoms with Crippen molar-refractivity contribution in [3.63, 3.8) is 0 Å². The molecule has 2 aromatic rings. The van der Waals surface area contributed by atoms with Crippen LogP contribution in [0.1, 0.15) is 11.3 Å². The number of nitrogens with one attached hydrogen (secondary N) is 1. The van der Waals surface area contributed by atoms with E-state index in [-0.39, 0.29) is 5.91 Å². The first-order chi connectivity index (χ1) is 9.78. The monoisotopic (exact) mass is 290 g/mol. The molecular weight excluding hydrogens is 272 g/mol. The van der Waals surface area contributed by atoms with Crippen LogP contribution in [0.4, 0.5) is 5.69 Å². The van der Waals surface area contributed by atoms with Crippen molar-refractivity contribution in [3.05, 3.63) is 46.7 Å². The third-order valence-electron chi connectivity index (χ3n) is 2.70. The molecule has 5 heteroatoms. The summed E-state index contributed by atoms with van der Waals surface area (Å²) in [6.07, 6.45) is 1.27. The fourth-order valence-corrected chi connectivity index (χ4v) is 2.44. The molecule has 1 amide bonds. The van der Waals surface area contributed by atoms with E-state index in [4.69, 9.17) is 10.5 Å². The number of aryl methyl sites for hydroxylation is 1. The highest BCUT2D eigenvalue weighted by Crippen LogP contribution is 2.16. The summed E-state index contributed by atoms with van der Waals surface area (Å²) in [5.74, 6) is 0.779. The minimum Gasteiger partial charge on any atom is -0.492 e. The molecule has 0 unspecified atom stereocenters. The smallest absolute Gasteiger partial charge is 0.224 e. The van der Waals surface area contributed by atoms with E-state index in [0.717, 1.165) is 17.9 Å². The lowest BCUT2D eigenvalue weighted by molar-refractivity contribution is -0.116. The summed E-state index contributed by atoms with van der Waals surface area (Å²) in [5, 5.41) is 4.89. The molecule has 106 valence electrons. The highest BCUT2D eigenvalue weighted by atomic mass is 32.1. The number of nitrogens with two attached hydrogens (primary N) is 1. The van der Waals surface area contributed by atoms with Crippen molar-refractivity contribution in [2.75, 3.05) is 18.5 Å². The van der Waals surface area contributed by atoms with Crippen molar-refractivity contribution in [3.8, 4) is 5.75 Å². The van der Waals surface area contributed by atoms with Crippen LogP contribution in [0, 0.1) is 0 Å². The topological polar surface area (TPSA) is 64.3 Å². The van der Waals surface area contributed by atoms with Gasteiger partial charge in [-0.05, 0) is 42.1 Å². The Morgan fingerprint density at radius 2 is 2.05 bits per heavy atom. The molecule has 2 rings (SSSR count). The molecule has 4 nitrogen and oxygen atoms in total. The van der Waals surface area contributed by atoms with Gasteiger partial charge in [-0.3, -0.25) is 4.79 Å². The van der Waals surface area contributed by atoms with Crippen LogP contribution in [-0.4, -0.2) is 19.1 Å². The molecule has 0 saturated heterocycles. The highest BCUT2D eigenvalue weighted by molar-refractivity contribution is 7.09. The van der Waals surface area contributed by atoms with Gasteiger partial charge in [-0.2, -0.15) is 0 Å². The molecule has 0 aliphatic rings. The van der Waals surface area contributed by atoms with Crippen molar-refractivity contribution in [1.29, 1.82) is 0 Å². The zero-order valence-electron chi connectivity index (χ0n) is 11.2. The second kappa shape index (κ2) is 7.67. The quantitative estimate of drug-likeness (QED) is 0.824. The van der Waals surface area contributed by atoms with Gasteiger partial charge in [0.15, 0.2) is 0 Å². The Morgan fingerprint density at radius 1 is 1.25 bits per heavy atom. The number of benzene rings is 1. The molecule has 0 radical (unpaired) electrons. The van der Waals surface area contributed by atoms with E-state index in [1.165, 1.54) is 4.88 Å².